The van der Waals surface area contributed by atoms with Gasteiger partial charge in [-0.05, 0) is 27.7 Å². The summed E-state index contributed by atoms with van der Waals surface area (Å²) in [4.78, 5) is 16.6. The van der Waals surface area contributed by atoms with E-state index in [9.17, 15) is 4.79 Å². The van der Waals surface area contributed by atoms with E-state index < -0.39 is 0 Å². The molecule has 0 aliphatic carbocycles. The van der Waals surface area contributed by atoms with Crippen LogP contribution in [-0.4, -0.2) is 29.7 Å². The number of hydroxylamine groups is 2. The van der Waals surface area contributed by atoms with Gasteiger partial charge in [0.1, 0.15) is 6.26 Å². The maximum Gasteiger partial charge on any atom is 0.338 e. The molecule has 0 amide bonds. The molecule has 0 N–H and O–H groups in total. The van der Waals surface area contributed by atoms with Crippen LogP contribution in [0.1, 0.15) is 27.7 Å². The molecule has 0 aromatic rings. The van der Waals surface area contributed by atoms with E-state index >= 15 is 0 Å². The molecule has 1 heterocycles. The van der Waals surface area contributed by atoms with Gasteiger partial charge >= 0.3 is 5.97 Å². The first kappa shape index (κ1) is 11.0. The van der Waals surface area contributed by atoms with Gasteiger partial charge in [0.05, 0.1) is 18.7 Å². The molecule has 14 heavy (non-hydrogen) atoms. The number of ether oxygens (including phenoxy) is 1. The summed E-state index contributed by atoms with van der Waals surface area (Å²) >= 11 is 0. The van der Waals surface area contributed by atoms with Crippen molar-refractivity contribution in [2.75, 3.05) is 7.11 Å². The SMILES string of the molecule is COC(=O)C1=CON(C(C)(C)C)C1C. The fourth-order valence-electron chi connectivity index (χ4n) is 1.51. The summed E-state index contributed by atoms with van der Waals surface area (Å²) in [6, 6.07) is -0.0672. The normalized spacial score (nSPS) is 22.9. The largest absolute Gasteiger partial charge is 0.466 e. The summed E-state index contributed by atoms with van der Waals surface area (Å²) in [6.07, 6.45) is 1.46. The van der Waals surface area contributed by atoms with Gasteiger partial charge in [-0.3, -0.25) is 0 Å². The lowest BCUT2D eigenvalue weighted by Gasteiger charge is -2.33. The number of rotatable bonds is 1. The van der Waals surface area contributed by atoms with Crippen molar-refractivity contribution in [2.24, 2.45) is 0 Å². The van der Waals surface area contributed by atoms with Crippen LogP contribution in [0.25, 0.3) is 0 Å². The van der Waals surface area contributed by atoms with E-state index in [1.54, 1.807) is 5.06 Å². The van der Waals surface area contributed by atoms with Crippen LogP contribution in [0, 0.1) is 0 Å². The Morgan fingerprint density at radius 3 is 2.50 bits per heavy atom. The lowest BCUT2D eigenvalue weighted by molar-refractivity contribution is -0.163. The van der Waals surface area contributed by atoms with Gasteiger partial charge in [-0.25, -0.2) is 4.79 Å². The third-order valence-electron chi connectivity index (χ3n) is 2.18. The Kier molecular flexibility index (Phi) is 2.85. The molecule has 0 spiro atoms. The zero-order chi connectivity index (χ0) is 10.9. The molecular weight excluding hydrogens is 182 g/mol. The summed E-state index contributed by atoms with van der Waals surface area (Å²) < 4.78 is 4.65. The smallest absolute Gasteiger partial charge is 0.338 e. The molecule has 1 unspecified atom stereocenters. The Balaban J connectivity index is 2.76. The molecular formula is C10H17NO3. The average molecular weight is 199 g/mol. The maximum absolute atomic E-state index is 11.3. The second kappa shape index (κ2) is 3.61. The van der Waals surface area contributed by atoms with E-state index in [4.69, 9.17) is 4.84 Å². The van der Waals surface area contributed by atoms with Crippen LogP contribution in [-0.2, 0) is 14.4 Å². The fourth-order valence-corrected chi connectivity index (χ4v) is 1.51. The molecule has 4 nitrogen and oxygen atoms in total. The van der Waals surface area contributed by atoms with E-state index in [0.29, 0.717) is 5.57 Å². The molecule has 0 saturated heterocycles. The minimum absolute atomic E-state index is 0.0672. The number of methoxy groups -OCH3 is 1. The van der Waals surface area contributed by atoms with Crippen molar-refractivity contribution in [1.29, 1.82) is 0 Å². The molecule has 1 aliphatic rings. The lowest BCUT2D eigenvalue weighted by Crippen LogP contribution is -2.44. The number of carbonyl (C=O) groups excluding carboxylic acids is 1. The number of hydrogen-bond acceptors (Lipinski definition) is 4. The Bertz CT molecular complexity index is 265. The summed E-state index contributed by atoms with van der Waals surface area (Å²) in [5.41, 5.74) is 0.425. The van der Waals surface area contributed by atoms with Crippen molar-refractivity contribution in [3.63, 3.8) is 0 Å². The Labute approximate surface area is 84.4 Å². The second-order valence-corrected chi connectivity index (χ2v) is 4.34. The first-order valence-corrected chi connectivity index (χ1v) is 4.62. The minimum atomic E-state index is -0.329. The lowest BCUT2D eigenvalue weighted by atomic mass is 10.0. The molecule has 0 saturated carbocycles. The van der Waals surface area contributed by atoms with Gasteiger partial charge < -0.3 is 9.57 Å². The van der Waals surface area contributed by atoms with Crippen molar-refractivity contribution in [1.82, 2.24) is 5.06 Å². The van der Waals surface area contributed by atoms with Gasteiger partial charge in [0.2, 0.25) is 0 Å². The van der Waals surface area contributed by atoms with Crippen LogP contribution in [0.3, 0.4) is 0 Å². The third-order valence-corrected chi connectivity index (χ3v) is 2.18. The molecule has 1 aliphatic heterocycles. The summed E-state index contributed by atoms with van der Waals surface area (Å²) in [5, 5.41) is 1.78. The third kappa shape index (κ3) is 1.90. The Morgan fingerprint density at radius 2 is 2.14 bits per heavy atom. The van der Waals surface area contributed by atoms with Gasteiger partial charge in [0, 0.05) is 5.54 Å². The zero-order valence-electron chi connectivity index (χ0n) is 9.33. The van der Waals surface area contributed by atoms with Crippen molar-refractivity contribution >= 4 is 5.97 Å². The molecule has 4 heteroatoms. The van der Waals surface area contributed by atoms with Crippen molar-refractivity contribution in [3.05, 3.63) is 11.8 Å². The summed E-state index contributed by atoms with van der Waals surface area (Å²) in [7, 11) is 1.37. The number of nitrogens with zero attached hydrogens (tertiary/aromatic N) is 1. The predicted octanol–water partition coefficient (Wildman–Crippen LogP) is 1.48. The highest BCUT2D eigenvalue weighted by Crippen LogP contribution is 2.27. The zero-order valence-corrected chi connectivity index (χ0v) is 9.33. The average Bonchev–Trinajstić information content (AvgIpc) is 2.45. The molecule has 0 aromatic heterocycles. The quantitative estimate of drug-likeness (QED) is 0.599. The Morgan fingerprint density at radius 1 is 1.57 bits per heavy atom. The van der Waals surface area contributed by atoms with Crippen molar-refractivity contribution < 1.29 is 14.4 Å². The van der Waals surface area contributed by atoms with E-state index in [0.717, 1.165) is 0 Å². The fraction of sp³-hybridized carbons (Fsp3) is 0.700. The van der Waals surface area contributed by atoms with Crippen molar-refractivity contribution in [2.45, 2.75) is 39.3 Å². The maximum atomic E-state index is 11.3. The molecule has 0 bridgehead atoms. The summed E-state index contributed by atoms with van der Waals surface area (Å²) in [6.45, 7) is 7.99. The van der Waals surface area contributed by atoms with Gasteiger partial charge in [0.15, 0.2) is 0 Å². The highest BCUT2D eigenvalue weighted by molar-refractivity contribution is 5.89. The summed E-state index contributed by atoms with van der Waals surface area (Å²) in [5.74, 6) is -0.329. The standard InChI is InChI=1S/C10H17NO3/c1-7-8(9(12)13-5)6-14-11(7)10(2,3)4/h6-7H,1-5H3. The van der Waals surface area contributed by atoms with Crippen LogP contribution in [0.5, 0.6) is 0 Å². The van der Waals surface area contributed by atoms with Crippen LogP contribution >= 0.6 is 0 Å². The van der Waals surface area contributed by atoms with Gasteiger partial charge in [0.25, 0.3) is 0 Å². The van der Waals surface area contributed by atoms with Gasteiger partial charge in [-0.2, -0.15) is 0 Å². The van der Waals surface area contributed by atoms with Crippen LogP contribution in [0.2, 0.25) is 0 Å². The number of esters is 1. The highest BCUT2D eigenvalue weighted by atomic mass is 16.7. The Hall–Kier alpha value is -1.03. The van der Waals surface area contributed by atoms with E-state index in [1.807, 2.05) is 27.7 Å². The molecule has 1 atom stereocenters. The van der Waals surface area contributed by atoms with Crippen LogP contribution in [0.4, 0.5) is 0 Å². The van der Waals surface area contributed by atoms with E-state index in [1.165, 1.54) is 13.4 Å². The minimum Gasteiger partial charge on any atom is -0.466 e. The number of hydrogen-bond donors (Lipinski definition) is 0. The van der Waals surface area contributed by atoms with Crippen LogP contribution < -0.4 is 0 Å². The first-order chi connectivity index (χ1) is 6.38. The van der Waals surface area contributed by atoms with E-state index in [2.05, 4.69) is 4.74 Å². The molecule has 0 aromatic carbocycles. The van der Waals surface area contributed by atoms with Crippen LogP contribution in [0.15, 0.2) is 11.8 Å². The highest BCUT2D eigenvalue weighted by Gasteiger charge is 2.37. The molecule has 0 radical (unpaired) electrons. The molecule has 80 valence electrons. The first-order valence-electron chi connectivity index (χ1n) is 4.62. The van der Waals surface area contributed by atoms with E-state index in [-0.39, 0.29) is 17.6 Å². The van der Waals surface area contributed by atoms with Gasteiger partial charge in [-0.1, -0.05) is 0 Å². The second-order valence-electron chi connectivity index (χ2n) is 4.34. The molecule has 0 fully saturated rings. The monoisotopic (exact) mass is 199 g/mol. The predicted molar refractivity (Wildman–Crippen MR) is 52.2 cm³/mol. The topological polar surface area (TPSA) is 38.8 Å². The molecule has 1 rings (SSSR count). The van der Waals surface area contributed by atoms with Crippen molar-refractivity contribution in [3.8, 4) is 0 Å². The number of carbonyl (C=O) groups is 1. The van der Waals surface area contributed by atoms with Gasteiger partial charge in [-0.15, -0.1) is 5.06 Å².